The Morgan fingerprint density at radius 3 is 2.55 bits per heavy atom. The van der Waals surface area contributed by atoms with E-state index in [2.05, 4.69) is 0 Å². The molecule has 0 spiro atoms. The van der Waals surface area contributed by atoms with Crippen molar-refractivity contribution in [2.75, 3.05) is 0 Å². The molecule has 0 heterocycles. The highest BCUT2D eigenvalue weighted by Crippen LogP contribution is 2.29. The molecule has 0 saturated carbocycles. The number of alkyl halides is 2. The zero-order valence-corrected chi connectivity index (χ0v) is 7.15. The van der Waals surface area contributed by atoms with Gasteiger partial charge in [-0.05, 0) is 12.4 Å². The van der Waals surface area contributed by atoms with Crippen LogP contribution < -0.4 is 5.73 Å². The topological polar surface area (TPSA) is 26.0 Å². The van der Waals surface area contributed by atoms with E-state index >= 15 is 0 Å². The van der Waals surface area contributed by atoms with E-state index in [-0.39, 0.29) is 11.1 Å². The van der Waals surface area contributed by atoms with Gasteiger partial charge >= 0.3 is 0 Å². The van der Waals surface area contributed by atoms with Crippen LogP contribution in [0.4, 0.5) is 0 Å². The summed E-state index contributed by atoms with van der Waals surface area (Å²) < 4.78 is 20.1. The van der Waals surface area contributed by atoms with Crippen LogP contribution in [0.3, 0.4) is 0 Å². The summed E-state index contributed by atoms with van der Waals surface area (Å²) >= 11 is 11.3. The Morgan fingerprint density at radius 1 is 1.45 bits per heavy atom. The SMILES string of the molecule is [2H]C([2H])([2H])c1ccccc1C(N)(Cl)Cl. The van der Waals surface area contributed by atoms with E-state index in [0.717, 1.165) is 0 Å². The van der Waals surface area contributed by atoms with Crippen molar-refractivity contribution in [3.8, 4) is 0 Å². The Hall–Kier alpha value is -0.240. The number of halogens is 2. The van der Waals surface area contributed by atoms with E-state index < -0.39 is 11.3 Å². The predicted molar refractivity (Wildman–Crippen MR) is 48.8 cm³/mol. The van der Waals surface area contributed by atoms with Gasteiger partial charge in [-0.15, -0.1) is 0 Å². The van der Waals surface area contributed by atoms with Crippen LogP contribution in [-0.4, -0.2) is 0 Å². The Balaban J connectivity index is 3.31. The molecule has 0 aliphatic rings. The first-order valence-electron chi connectivity index (χ1n) is 4.49. The van der Waals surface area contributed by atoms with E-state index in [0.29, 0.717) is 0 Å². The second-order valence-corrected chi connectivity index (χ2v) is 3.55. The first kappa shape index (κ1) is 5.41. The van der Waals surface area contributed by atoms with E-state index in [1.54, 1.807) is 12.1 Å². The normalized spacial score (nSPS) is 16.8. The van der Waals surface area contributed by atoms with Crippen LogP contribution in [0, 0.1) is 6.85 Å². The monoisotopic (exact) mass is 192 g/mol. The van der Waals surface area contributed by atoms with E-state index in [1.165, 1.54) is 12.1 Å². The molecule has 1 aromatic carbocycles. The fraction of sp³-hybridized carbons (Fsp3) is 0.250. The quantitative estimate of drug-likeness (QED) is 0.538. The number of hydrogen-bond acceptors (Lipinski definition) is 1. The Bertz CT molecular complexity index is 297. The van der Waals surface area contributed by atoms with Gasteiger partial charge in [-0.3, -0.25) is 5.73 Å². The molecule has 0 atom stereocenters. The molecule has 0 saturated heterocycles. The Kier molecular flexibility index (Phi) is 1.48. The molecule has 2 N–H and O–H groups in total. The van der Waals surface area contributed by atoms with Crippen molar-refractivity contribution in [2.24, 2.45) is 5.73 Å². The van der Waals surface area contributed by atoms with Crippen LogP contribution in [0.25, 0.3) is 0 Å². The van der Waals surface area contributed by atoms with Crippen molar-refractivity contribution in [3.63, 3.8) is 0 Å². The molecule has 1 rings (SSSR count). The summed E-state index contributed by atoms with van der Waals surface area (Å²) in [6.07, 6.45) is 0. The second kappa shape index (κ2) is 3.02. The lowest BCUT2D eigenvalue weighted by Gasteiger charge is -2.15. The lowest BCUT2D eigenvalue weighted by atomic mass is 10.1. The van der Waals surface area contributed by atoms with Gasteiger partial charge in [0.25, 0.3) is 0 Å². The maximum Gasteiger partial charge on any atom is 0.192 e. The van der Waals surface area contributed by atoms with Gasteiger partial charge in [0, 0.05) is 9.68 Å². The molecular weight excluding hydrogens is 181 g/mol. The number of nitrogens with two attached hydrogens (primary N) is 1. The highest BCUT2D eigenvalue weighted by atomic mass is 35.5. The van der Waals surface area contributed by atoms with E-state index in [1.807, 2.05) is 0 Å². The number of hydrogen-bond donors (Lipinski definition) is 1. The molecule has 0 aliphatic carbocycles. The minimum absolute atomic E-state index is 0.0764. The maximum atomic E-state index is 7.25. The van der Waals surface area contributed by atoms with Crippen molar-refractivity contribution in [1.82, 2.24) is 0 Å². The van der Waals surface area contributed by atoms with Gasteiger partial charge in [0.2, 0.25) is 0 Å². The van der Waals surface area contributed by atoms with Gasteiger partial charge in [-0.25, -0.2) is 0 Å². The van der Waals surface area contributed by atoms with E-state index in [9.17, 15) is 0 Å². The van der Waals surface area contributed by atoms with Crippen molar-refractivity contribution in [3.05, 3.63) is 35.4 Å². The molecule has 0 unspecified atom stereocenters. The first-order valence-corrected chi connectivity index (χ1v) is 3.75. The van der Waals surface area contributed by atoms with Gasteiger partial charge < -0.3 is 0 Å². The summed E-state index contributed by atoms with van der Waals surface area (Å²) in [4.78, 5) is 0. The molecule has 0 aromatic heterocycles. The van der Waals surface area contributed by atoms with Crippen LogP contribution in [0.15, 0.2) is 24.3 Å². The van der Waals surface area contributed by atoms with Crippen LogP contribution in [0.5, 0.6) is 0 Å². The predicted octanol–water partition coefficient (Wildman–Crippen LogP) is 2.54. The fourth-order valence-corrected chi connectivity index (χ4v) is 1.10. The summed E-state index contributed by atoms with van der Waals surface area (Å²) in [6, 6.07) is 6.18. The molecule has 0 aliphatic heterocycles. The molecule has 1 nitrogen and oxygen atoms in total. The summed E-state index contributed by atoms with van der Waals surface area (Å²) in [5, 5.41) is 0. The summed E-state index contributed by atoms with van der Waals surface area (Å²) in [6.45, 7) is -2.26. The molecule has 0 fully saturated rings. The third-order valence-electron chi connectivity index (χ3n) is 1.29. The molecular formula is C8H9Cl2N. The third kappa shape index (κ3) is 2.09. The Morgan fingerprint density at radius 2 is 2.09 bits per heavy atom. The summed E-state index contributed by atoms with van der Waals surface area (Å²) in [5.41, 5.74) is 5.72. The molecule has 1 aromatic rings. The molecule has 3 heteroatoms. The lowest BCUT2D eigenvalue weighted by Crippen LogP contribution is -2.23. The lowest BCUT2D eigenvalue weighted by molar-refractivity contribution is 0.904. The van der Waals surface area contributed by atoms with E-state index in [4.69, 9.17) is 33.0 Å². The second-order valence-electron chi connectivity index (χ2n) is 2.17. The van der Waals surface area contributed by atoms with Crippen LogP contribution in [0.1, 0.15) is 15.2 Å². The minimum Gasteiger partial charge on any atom is -0.296 e. The Labute approximate surface area is 80.3 Å². The zero-order chi connectivity index (χ0) is 11.0. The van der Waals surface area contributed by atoms with Crippen molar-refractivity contribution >= 4 is 23.2 Å². The van der Waals surface area contributed by atoms with Crippen LogP contribution in [0.2, 0.25) is 0 Å². The van der Waals surface area contributed by atoms with Gasteiger partial charge in [0.15, 0.2) is 4.46 Å². The molecule has 0 amide bonds. The van der Waals surface area contributed by atoms with Crippen molar-refractivity contribution in [2.45, 2.75) is 11.3 Å². The highest BCUT2D eigenvalue weighted by Gasteiger charge is 2.21. The maximum absolute atomic E-state index is 7.25. The summed E-state index contributed by atoms with van der Waals surface area (Å²) in [5.74, 6) is 0. The summed E-state index contributed by atoms with van der Waals surface area (Å²) in [7, 11) is 0. The van der Waals surface area contributed by atoms with Gasteiger partial charge in [0.1, 0.15) is 0 Å². The van der Waals surface area contributed by atoms with Gasteiger partial charge in [0.05, 0.1) is 0 Å². The standard InChI is InChI=1S/C8H9Cl2N/c1-6-4-2-3-5-7(6)8(9,10)11/h2-5H,11H2,1H3/i1D3. The van der Waals surface area contributed by atoms with Crippen molar-refractivity contribution in [1.29, 1.82) is 0 Å². The number of benzene rings is 1. The smallest absolute Gasteiger partial charge is 0.192 e. The zero-order valence-electron chi connectivity index (χ0n) is 8.64. The first-order chi connectivity index (χ1) is 6.23. The third-order valence-corrected chi connectivity index (χ3v) is 1.69. The van der Waals surface area contributed by atoms with Gasteiger partial charge in [-0.2, -0.15) is 0 Å². The molecule has 60 valence electrons. The largest absolute Gasteiger partial charge is 0.296 e. The average Bonchev–Trinajstić information content (AvgIpc) is 2.01. The van der Waals surface area contributed by atoms with Crippen LogP contribution >= 0.6 is 23.2 Å². The number of rotatable bonds is 1. The average molecular weight is 193 g/mol. The molecule has 11 heavy (non-hydrogen) atoms. The molecule has 0 bridgehead atoms. The van der Waals surface area contributed by atoms with Crippen LogP contribution in [-0.2, 0) is 4.46 Å². The number of aryl methyl sites for hydroxylation is 1. The minimum atomic E-state index is -2.26. The highest BCUT2D eigenvalue weighted by molar-refractivity contribution is 6.47. The molecule has 0 radical (unpaired) electrons. The van der Waals surface area contributed by atoms with Gasteiger partial charge in [-0.1, -0.05) is 47.5 Å². The fourth-order valence-electron chi connectivity index (χ4n) is 0.774. The van der Waals surface area contributed by atoms with Crippen molar-refractivity contribution < 1.29 is 4.11 Å².